The van der Waals surface area contributed by atoms with Crippen LogP contribution in [0.15, 0.2) is 47.6 Å². The number of hydrogen-bond acceptors (Lipinski definition) is 5. The fraction of sp³-hybridized carbons (Fsp3) is 0.0667. The molecular weight excluding hydrogens is 302 g/mol. The number of aryl methyl sites for hydroxylation is 1. The van der Waals surface area contributed by atoms with Gasteiger partial charge in [-0.3, -0.25) is 14.9 Å². The summed E-state index contributed by atoms with van der Waals surface area (Å²) in [7, 11) is 0. The highest BCUT2D eigenvalue weighted by atomic mass is 32.2. The summed E-state index contributed by atoms with van der Waals surface area (Å²) in [6.07, 6.45) is 0. The Kier molecular flexibility index (Phi) is 3.64. The van der Waals surface area contributed by atoms with E-state index in [9.17, 15) is 14.9 Å². The van der Waals surface area contributed by atoms with Gasteiger partial charge in [-0.1, -0.05) is 29.8 Å². The lowest BCUT2D eigenvalue weighted by Crippen LogP contribution is -1.93. The van der Waals surface area contributed by atoms with Crippen molar-refractivity contribution in [3.8, 4) is 0 Å². The van der Waals surface area contributed by atoms with E-state index in [2.05, 4.69) is 9.97 Å². The maximum atomic E-state index is 12.2. The topological polar surface area (TPSA) is 88.9 Å². The molecule has 0 bridgehead atoms. The van der Waals surface area contributed by atoms with Crippen LogP contribution < -0.4 is 0 Å². The smallest absolute Gasteiger partial charge is 0.271 e. The number of imidazole rings is 1. The van der Waals surface area contributed by atoms with Crippen LogP contribution in [-0.2, 0) is 0 Å². The first-order chi connectivity index (χ1) is 10.5. The third-order valence-corrected chi connectivity index (χ3v) is 3.94. The maximum Gasteiger partial charge on any atom is 0.271 e. The second kappa shape index (κ2) is 5.61. The van der Waals surface area contributed by atoms with Crippen LogP contribution in [0.25, 0.3) is 11.0 Å². The van der Waals surface area contributed by atoms with Crippen LogP contribution in [0.2, 0.25) is 0 Å². The van der Waals surface area contributed by atoms with Crippen LogP contribution in [0, 0.1) is 17.0 Å². The SMILES string of the molecule is Cc1ccc(C(=O)Sc2nc3ccc([N+](=O)[O-])cc3[nH]2)cc1. The third-order valence-electron chi connectivity index (χ3n) is 3.13. The highest BCUT2D eigenvalue weighted by Crippen LogP contribution is 2.25. The molecule has 0 amide bonds. The van der Waals surface area contributed by atoms with Crippen LogP contribution >= 0.6 is 11.8 Å². The quantitative estimate of drug-likeness (QED) is 0.452. The minimum Gasteiger partial charge on any atom is -0.332 e. The molecule has 0 saturated carbocycles. The van der Waals surface area contributed by atoms with E-state index in [0.717, 1.165) is 17.3 Å². The van der Waals surface area contributed by atoms with Crippen LogP contribution in [0.4, 0.5) is 5.69 Å². The third kappa shape index (κ3) is 2.84. The van der Waals surface area contributed by atoms with Gasteiger partial charge in [0.15, 0.2) is 5.16 Å². The van der Waals surface area contributed by atoms with Gasteiger partial charge in [0.25, 0.3) is 5.69 Å². The molecule has 2 aromatic carbocycles. The summed E-state index contributed by atoms with van der Waals surface area (Å²) < 4.78 is 0. The Balaban J connectivity index is 1.86. The fourth-order valence-electron chi connectivity index (χ4n) is 1.97. The fourth-order valence-corrected chi connectivity index (χ4v) is 2.71. The number of aromatic nitrogens is 2. The standard InChI is InChI=1S/C15H11N3O3S/c1-9-2-4-10(5-3-9)14(19)22-15-16-12-7-6-11(18(20)21)8-13(12)17-15/h2-8H,1H3,(H,16,17). The zero-order chi connectivity index (χ0) is 15.7. The number of non-ortho nitro benzene ring substituents is 1. The highest BCUT2D eigenvalue weighted by molar-refractivity contribution is 8.14. The first kappa shape index (κ1) is 14.3. The van der Waals surface area contributed by atoms with E-state index >= 15 is 0 Å². The molecule has 0 unspecified atom stereocenters. The second-order valence-corrected chi connectivity index (χ2v) is 5.72. The molecule has 1 heterocycles. The van der Waals surface area contributed by atoms with Crippen molar-refractivity contribution in [2.75, 3.05) is 0 Å². The molecule has 1 aromatic heterocycles. The van der Waals surface area contributed by atoms with Crippen LogP contribution in [0.1, 0.15) is 15.9 Å². The Morgan fingerprint density at radius 1 is 1.23 bits per heavy atom. The Hall–Kier alpha value is -2.67. The second-order valence-electron chi connectivity index (χ2n) is 4.76. The summed E-state index contributed by atoms with van der Waals surface area (Å²) in [5.41, 5.74) is 2.77. The number of carbonyl (C=O) groups excluding carboxylic acids is 1. The first-order valence-electron chi connectivity index (χ1n) is 6.46. The van der Waals surface area contributed by atoms with Crippen molar-refractivity contribution < 1.29 is 9.72 Å². The van der Waals surface area contributed by atoms with E-state index < -0.39 is 4.92 Å². The van der Waals surface area contributed by atoms with Gasteiger partial charge in [0.05, 0.1) is 16.0 Å². The van der Waals surface area contributed by atoms with Gasteiger partial charge >= 0.3 is 0 Å². The largest absolute Gasteiger partial charge is 0.332 e. The van der Waals surface area contributed by atoms with Crippen molar-refractivity contribution in [1.29, 1.82) is 0 Å². The van der Waals surface area contributed by atoms with E-state index in [1.54, 1.807) is 18.2 Å². The molecular formula is C15H11N3O3S. The number of carbonyl (C=O) groups is 1. The molecule has 0 spiro atoms. The number of nitrogens with zero attached hydrogens (tertiary/aromatic N) is 2. The number of thioether (sulfide) groups is 1. The molecule has 0 atom stereocenters. The van der Waals surface area contributed by atoms with Gasteiger partial charge in [0.2, 0.25) is 5.12 Å². The number of aromatic amines is 1. The van der Waals surface area contributed by atoms with Crippen LogP contribution in [0.5, 0.6) is 0 Å². The monoisotopic (exact) mass is 313 g/mol. The van der Waals surface area contributed by atoms with E-state index in [1.165, 1.54) is 12.1 Å². The maximum absolute atomic E-state index is 12.2. The summed E-state index contributed by atoms with van der Waals surface area (Å²) in [6.45, 7) is 1.95. The van der Waals surface area contributed by atoms with Gasteiger partial charge in [-0.2, -0.15) is 0 Å². The van der Waals surface area contributed by atoms with E-state index in [1.807, 2.05) is 19.1 Å². The van der Waals surface area contributed by atoms with Gasteiger partial charge in [-0.05, 0) is 24.8 Å². The molecule has 0 fully saturated rings. The van der Waals surface area contributed by atoms with E-state index in [0.29, 0.717) is 21.8 Å². The number of hydrogen-bond donors (Lipinski definition) is 1. The van der Waals surface area contributed by atoms with Gasteiger partial charge in [0, 0.05) is 17.7 Å². The predicted molar refractivity (Wildman–Crippen MR) is 84.1 cm³/mol. The van der Waals surface area contributed by atoms with Crippen molar-refractivity contribution in [2.24, 2.45) is 0 Å². The molecule has 110 valence electrons. The number of benzene rings is 2. The number of rotatable bonds is 3. The molecule has 3 aromatic rings. The minimum absolute atomic E-state index is 0.0161. The molecule has 1 N–H and O–H groups in total. The Morgan fingerprint density at radius 2 is 1.95 bits per heavy atom. The minimum atomic E-state index is -0.468. The highest BCUT2D eigenvalue weighted by Gasteiger charge is 2.13. The van der Waals surface area contributed by atoms with E-state index in [4.69, 9.17) is 0 Å². The summed E-state index contributed by atoms with van der Waals surface area (Å²) in [6, 6.07) is 11.6. The lowest BCUT2D eigenvalue weighted by Gasteiger charge is -1.98. The molecule has 3 rings (SSSR count). The number of nitro groups is 1. The average Bonchev–Trinajstić information content (AvgIpc) is 2.88. The number of fused-ring (bicyclic) bond motifs is 1. The van der Waals surface area contributed by atoms with Gasteiger partial charge in [-0.25, -0.2) is 4.98 Å². The normalized spacial score (nSPS) is 10.8. The van der Waals surface area contributed by atoms with E-state index in [-0.39, 0.29) is 10.8 Å². The predicted octanol–water partition coefficient (Wildman–Crippen LogP) is 3.71. The molecule has 0 aliphatic carbocycles. The van der Waals surface area contributed by atoms with Crippen molar-refractivity contribution in [3.63, 3.8) is 0 Å². The number of H-pyrrole nitrogens is 1. The summed E-state index contributed by atoms with van der Waals surface area (Å²) in [5.74, 6) is 0. The van der Waals surface area contributed by atoms with Crippen LogP contribution in [0.3, 0.4) is 0 Å². The Bertz CT molecular complexity index is 871. The molecule has 22 heavy (non-hydrogen) atoms. The summed E-state index contributed by atoms with van der Waals surface area (Å²) >= 11 is 0.967. The summed E-state index contributed by atoms with van der Waals surface area (Å²) in [5, 5.41) is 11.0. The molecule has 6 nitrogen and oxygen atoms in total. The van der Waals surface area contributed by atoms with Gasteiger partial charge < -0.3 is 4.98 Å². The molecule has 7 heteroatoms. The Morgan fingerprint density at radius 3 is 2.64 bits per heavy atom. The first-order valence-corrected chi connectivity index (χ1v) is 7.27. The summed E-state index contributed by atoms with van der Waals surface area (Å²) in [4.78, 5) is 29.6. The molecule has 0 radical (unpaired) electrons. The lowest BCUT2D eigenvalue weighted by molar-refractivity contribution is -0.384. The zero-order valence-electron chi connectivity index (χ0n) is 11.6. The zero-order valence-corrected chi connectivity index (χ0v) is 12.4. The molecule has 0 aliphatic rings. The van der Waals surface area contributed by atoms with Crippen LogP contribution in [-0.4, -0.2) is 20.0 Å². The molecule has 0 saturated heterocycles. The van der Waals surface area contributed by atoms with Crippen molar-refractivity contribution in [2.45, 2.75) is 12.1 Å². The van der Waals surface area contributed by atoms with Gasteiger partial charge in [-0.15, -0.1) is 0 Å². The van der Waals surface area contributed by atoms with Crippen molar-refractivity contribution in [3.05, 3.63) is 63.7 Å². The van der Waals surface area contributed by atoms with Gasteiger partial charge in [0.1, 0.15) is 0 Å². The lowest BCUT2D eigenvalue weighted by atomic mass is 10.2. The number of nitrogens with one attached hydrogen (secondary N) is 1. The average molecular weight is 313 g/mol. The number of nitro benzene ring substituents is 1. The van der Waals surface area contributed by atoms with Crippen molar-refractivity contribution in [1.82, 2.24) is 9.97 Å². The Labute approximate surface area is 129 Å². The molecule has 0 aliphatic heterocycles. The van der Waals surface area contributed by atoms with Crippen molar-refractivity contribution >= 4 is 33.6 Å².